The predicted octanol–water partition coefficient (Wildman–Crippen LogP) is 1.62. The number of benzene rings is 1. The number of carbonyl (C=O) groups is 2. The highest BCUT2D eigenvalue weighted by Gasteiger charge is 2.43. The highest BCUT2D eigenvalue weighted by Crippen LogP contribution is 2.30. The summed E-state index contributed by atoms with van der Waals surface area (Å²) in [5.74, 6) is -4.02. The van der Waals surface area contributed by atoms with Crippen LogP contribution in [0.1, 0.15) is 52.2 Å². The Morgan fingerprint density at radius 3 is 2.50 bits per heavy atom. The lowest BCUT2D eigenvalue weighted by Crippen LogP contribution is -2.57. The van der Waals surface area contributed by atoms with Gasteiger partial charge in [-0.1, -0.05) is 0 Å². The molecule has 182 valence electrons. The second-order valence-corrected chi connectivity index (χ2v) is 8.76. The average Bonchev–Trinajstić information content (AvgIpc) is 2.88. The van der Waals surface area contributed by atoms with E-state index in [1.807, 2.05) is 13.8 Å². The molecule has 2 N–H and O–H groups in total. The van der Waals surface area contributed by atoms with Crippen LogP contribution in [0.4, 0.5) is 8.78 Å². The van der Waals surface area contributed by atoms with Gasteiger partial charge in [0.25, 0.3) is 11.8 Å². The molecule has 0 aliphatic carbocycles. The number of amides is 2. The fraction of sp³-hybridized carbons (Fsp3) is 0.435. The lowest BCUT2D eigenvalue weighted by atomic mass is 10.0. The van der Waals surface area contributed by atoms with Gasteiger partial charge in [-0.15, -0.1) is 0 Å². The fourth-order valence-corrected chi connectivity index (χ4v) is 4.55. The number of hydrogen-bond acceptors (Lipinski definition) is 6. The predicted molar refractivity (Wildman–Crippen MR) is 118 cm³/mol. The third-order valence-electron chi connectivity index (χ3n) is 6.57. The Hall–Kier alpha value is -3.47. The van der Waals surface area contributed by atoms with E-state index in [2.05, 4.69) is 5.32 Å². The minimum Gasteiger partial charge on any atom is -0.502 e. The fourth-order valence-electron chi connectivity index (χ4n) is 4.55. The van der Waals surface area contributed by atoms with Crippen molar-refractivity contribution in [3.05, 3.63) is 62.6 Å². The molecular formula is C23H26F2N4O5. The van der Waals surface area contributed by atoms with Crippen molar-refractivity contribution in [2.75, 3.05) is 18.8 Å². The number of aromatic hydroxyl groups is 1. The molecule has 1 saturated heterocycles. The normalized spacial score (nSPS) is 21.8. The van der Waals surface area contributed by atoms with E-state index >= 15 is 0 Å². The maximum absolute atomic E-state index is 14.1. The zero-order valence-electron chi connectivity index (χ0n) is 19.3. The van der Waals surface area contributed by atoms with Gasteiger partial charge >= 0.3 is 0 Å². The van der Waals surface area contributed by atoms with Gasteiger partial charge in [0.15, 0.2) is 11.4 Å². The number of halogens is 2. The van der Waals surface area contributed by atoms with E-state index in [1.165, 1.54) is 22.7 Å². The Bertz CT molecular complexity index is 1210. The molecule has 0 spiro atoms. The number of methoxy groups -OCH3 is 1. The quantitative estimate of drug-likeness (QED) is 0.695. The van der Waals surface area contributed by atoms with Gasteiger partial charge in [0, 0.05) is 31.5 Å². The number of hydrogen-bond donors (Lipinski definition) is 2. The van der Waals surface area contributed by atoms with Crippen molar-refractivity contribution in [2.45, 2.75) is 51.9 Å². The topological polar surface area (TPSA) is 104 Å². The van der Waals surface area contributed by atoms with Crippen LogP contribution in [0.5, 0.6) is 5.75 Å². The van der Waals surface area contributed by atoms with E-state index < -0.39 is 46.7 Å². The molecule has 1 fully saturated rings. The zero-order valence-corrected chi connectivity index (χ0v) is 19.3. The molecule has 3 atom stereocenters. The van der Waals surface area contributed by atoms with E-state index in [-0.39, 0.29) is 36.1 Å². The van der Waals surface area contributed by atoms with Crippen LogP contribution < -0.4 is 15.8 Å². The summed E-state index contributed by atoms with van der Waals surface area (Å²) in [5.41, 5.74) is -1.72. The Balaban J connectivity index is 1.71. The van der Waals surface area contributed by atoms with E-state index in [4.69, 9.17) is 4.74 Å². The summed E-state index contributed by atoms with van der Waals surface area (Å²) in [5, 5.41) is 14.7. The molecule has 9 nitrogen and oxygen atoms in total. The molecule has 4 rings (SSSR count). The number of nitrogens with zero attached hydrogens (tertiary/aromatic N) is 3. The van der Waals surface area contributed by atoms with Crippen molar-refractivity contribution < 1.29 is 28.2 Å². The first-order chi connectivity index (χ1) is 16.0. The Labute approximate surface area is 194 Å². The largest absolute Gasteiger partial charge is 0.502 e. The number of aromatic nitrogens is 1. The van der Waals surface area contributed by atoms with Gasteiger partial charge in [-0.05, 0) is 44.9 Å². The minimum absolute atomic E-state index is 0.164. The first-order valence-electron chi connectivity index (χ1n) is 10.9. The van der Waals surface area contributed by atoms with Crippen LogP contribution in [0.15, 0.2) is 23.1 Å². The smallest absolute Gasteiger partial charge is 0.278 e. The van der Waals surface area contributed by atoms with Gasteiger partial charge in [0.2, 0.25) is 5.43 Å². The van der Waals surface area contributed by atoms with Crippen LogP contribution in [0.2, 0.25) is 0 Å². The standard InChI is InChI=1S/C23H26F2N4O5/c1-11-5-16(24)14(17(25)6-11)8-26-22(32)15-9-28-19(21(31)20(15)30)23(33)27-10-29(28)12(2)7-18(34-4)13(27)3/h5-6,9,12-13,18,31H,7-8,10H2,1-4H3,(H,26,32)/t12-,13+,18-/m1/s1. The van der Waals surface area contributed by atoms with Gasteiger partial charge in [0.05, 0.1) is 12.1 Å². The Kier molecular flexibility index (Phi) is 6.07. The molecule has 2 aliphatic heterocycles. The van der Waals surface area contributed by atoms with Gasteiger partial charge in [-0.25, -0.2) is 8.78 Å². The van der Waals surface area contributed by atoms with Crippen molar-refractivity contribution in [2.24, 2.45) is 0 Å². The van der Waals surface area contributed by atoms with Crippen LogP contribution in [0.25, 0.3) is 0 Å². The molecule has 34 heavy (non-hydrogen) atoms. The van der Waals surface area contributed by atoms with Crippen molar-refractivity contribution in [1.29, 1.82) is 0 Å². The molecule has 1 aromatic carbocycles. The van der Waals surface area contributed by atoms with E-state index in [0.29, 0.717) is 12.0 Å². The van der Waals surface area contributed by atoms with Crippen LogP contribution >= 0.6 is 0 Å². The summed E-state index contributed by atoms with van der Waals surface area (Å²) in [4.78, 5) is 40.3. The third-order valence-corrected chi connectivity index (χ3v) is 6.57. The SMILES string of the molecule is CO[C@@H]1C[C@@H](C)N2CN(C(=O)c3c(O)c(=O)c(C(=O)NCc4c(F)cc(C)cc4F)cn32)[C@H]1C. The summed E-state index contributed by atoms with van der Waals surface area (Å²) in [7, 11) is 1.56. The monoisotopic (exact) mass is 476 g/mol. The molecule has 0 unspecified atom stereocenters. The molecule has 0 saturated carbocycles. The number of rotatable bonds is 4. The summed E-state index contributed by atoms with van der Waals surface area (Å²) in [6.07, 6.45) is 1.47. The zero-order chi connectivity index (χ0) is 24.9. The molecule has 11 heteroatoms. The van der Waals surface area contributed by atoms with Gasteiger partial charge in [-0.3, -0.25) is 24.1 Å². The molecule has 2 aromatic rings. The van der Waals surface area contributed by atoms with Crippen molar-refractivity contribution in [3.8, 4) is 5.75 Å². The van der Waals surface area contributed by atoms with Gasteiger partial charge in [-0.2, -0.15) is 0 Å². The highest BCUT2D eigenvalue weighted by molar-refractivity contribution is 5.99. The number of carbonyl (C=O) groups excluding carboxylic acids is 2. The van der Waals surface area contributed by atoms with Crippen LogP contribution in [0, 0.1) is 18.6 Å². The Morgan fingerprint density at radius 2 is 1.88 bits per heavy atom. The maximum Gasteiger partial charge on any atom is 0.278 e. The molecule has 1 aromatic heterocycles. The lowest BCUT2D eigenvalue weighted by molar-refractivity contribution is 0.0214. The van der Waals surface area contributed by atoms with Crippen LogP contribution in [0.3, 0.4) is 0 Å². The van der Waals surface area contributed by atoms with Gasteiger partial charge < -0.3 is 20.1 Å². The summed E-state index contributed by atoms with van der Waals surface area (Å²) < 4.78 is 35.1. The molecular weight excluding hydrogens is 450 g/mol. The van der Waals surface area contributed by atoms with E-state index in [0.717, 1.165) is 12.1 Å². The minimum atomic E-state index is -1.05. The number of aryl methyl sites for hydroxylation is 1. The number of ether oxygens (including phenoxy) is 1. The van der Waals surface area contributed by atoms with E-state index in [9.17, 15) is 28.3 Å². The summed E-state index contributed by atoms with van der Waals surface area (Å²) in [6.45, 7) is 4.93. The first-order valence-corrected chi connectivity index (χ1v) is 10.9. The second kappa shape index (κ2) is 8.71. The summed E-state index contributed by atoms with van der Waals surface area (Å²) in [6, 6.07) is 1.79. The van der Waals surface area contributed by atoms with Gasteiger partial charge in [0.1, 0.15) is 23.9 Å². The first kappa shape index (κ1) is 23.7. The van der Waals surface area contributed by atoms with Crippen molar-refractivity contribution in [1.82, 2.24) is 14.9 Å². The number of pyridine rings is 1. The van der Waals surface area contributed by atoms with Crippen LogP contribution in [-0.4, -0.2) is 58.5 Å². The second-order valence-electron chi connectivity index (χ2n) is 8.76. The molecule has 3 heterocycles. The van der Waals surface area contributed by atoms with Crippen molar-refractivity contribution >= 4 is 11.8 Å². The molecule has 2 bridgehead atoms. The number of nitrogens with one attached hydrogen (secondary N) is 1. The van der Waals surface area contributed by atoms with E-state index in [1.54, 1.807) is 12.1 Å². The third kappa shape index (κ3) is 3.79. The molecule has 0 radical (unpaired) electrons. The maximum atomic E-state index is 14.1. The lowest BCUT2D eigenvalue weighted by Gasteiger charge is -2.41. The van der Waals surface area contributed by atoms with Crippen LogP contribution in [-0.2, 0) is 11.3 Å². The summed E-state index contributed by atoms with van der Waals surface area (Å²) >= 11 is 0. The Morgan fingerprint density at radius 1 is 1.24 bits per heavy atom. The highest BCUT2D eigenvalue weighted by atomic mass is 19.1. The average molecular weight is 476 g/mol. The van der Waals surface area contributed by atoms with Crippen molar-refractivity contribution in [3.63, 3.8) is 0 Å². The molecule has 2 amide bonds. The number of fused-ring (bicyclic) bond motifs is 4. The molecule has 2 aliphatic rings.